The molecule has 7 heteroatoms. The Balaban J connectivity index is 1.82. The molecule has 2 aromatic rings. The van der Waals surface area contributed by atoms with E-state index in [1.165, 1.54) is 15.5 Å². The summed E-state index contributed by atoms with van der Waals surface area (Å²) >= 11 is 0. The van der Waals surface area contributed by atoms with E-state index in [2.05, 4.69) is 0 Å². The zero-order valence-electron chi connectivity index (χ0n) is 13.3. The van der Waals surface area contributed by atoms with Crippen molar-refractivity contribution in [2.75, 3.05) is 13.1 Å². The van der Waals surface area contributed by atoms with Gasteiger partial charge in [0.25, 0.3) is 11.5 Å². The lowest BCUT2D eigenvalue weighted by molar-refractivity contribution is 0.0791. The van der Waals surface area contributed by atoms with Crippen LogP contribution in [0.25, 0.3) is 0 Å². The molecule has 6 nitrogen and oxygen atoms in total. The fourth-order valence-electron chi connectivity index (χ4n) is 2.90. The quantitative estimate of drug-likeness (QED) is 0.833. The molecule has 1 aromatic heterocycles. The number of aromatic nitrogens is 1. The second-order valence-corrected chi connectivity index (χ2v) is 8.09. The number of aryl methyl sites for hydroxylation is 1. The first-order valence-electron chi connectivity index (χ1n) is 7.65. The summed E-state index contributed by atoms with van der Waals surface area (Å²) < 4.78 is 26.6. The van der Waals surface area contributed by atoms with Crippen LogP contribution in [0.1, 0.15) is 16.8 Å². The summed E-state index contributed by atoms with van der Waals surface area (Å²) in [5.74, 6) is -0.415. The van der Waals surface area contributed by atoms with Gasteiger partial charge in [-0.05, 0) is 30.7 Å². The average Bonchev–Trinajstić information content (AvgIpc) is 3.08. The van der Waals surface area contributed by atoms with E-state index in [4.69, 9.17) is 0 Å². The summed E-state index contributed by atoms with van der Waals surface area (Å²) in [4.78, 5) is 26.3. The predicted octanol–water partition coefficient (Wildman–Crippen LogP) is 1.07. The third kappa shape index (κ3) is 2.87. The first kappa shape index (κ1) is 16.4. The van der Waals surface area contributed by atoms with Crippen molar-refractivity contribution in [1.82, 2.24) is 9.47 Å². The van der Waals surface area contributed by atoms with E-state index in [-0.39, 0.29) is 22.6 Å². The second-order valence-electron chi connectivity index (χ2n) is 5.86. The lowest BCUT2D eigenvalue weighted by Crippen LogP contribution is -2.36. The first-order valence-corrected chi connectivity index (χ1v) is 9.20. The fourth-order valence-corrected chi connectivity index (χ4v) is 4.61. The number of pyridine rings is 1. The van der Waals surface area contributed by atoms with E-state index in [1.807, 2.05) is 0 Å². The molecular weight excluding hydrogens is 328 g/mol. The van der Waals surface area contributed by atoms with Crippen LogP contribution in [0.15, 0.2) is 58.4 Å². The van der Waals surface area contributed by atoms with Gasteiger partial charge in [-0.3, -0.25) is 9.59 Å². The van der Waals surface area contributed by atoms with Crippen molar-refractivity contribution < 1.29 is 13.2 Å². The first-order chi connectivity index (χ1) is 11.4. The molecule has 1 fully saturated rings. The lowest BCUT2D eigenvalue weighted by atomic mass is 10.2. The summed E-state index contributed by atoms with van der Waals surface area (Å²) in [7, 11) is -1.91. The molecular formula is C17H18N2O4S. The smallest absolute Gasteiger partial charge is 0.263 e. The number of carbonyl (C=O) groups is 1. The number of rotatable bonds is 3. The van der Waals surface area contributed by atoms with E-state index in [0.717, 1.165) is 0 Å². The third-order valence-electron chi connectivity index (χ3n) is 4.30. The Labute approximate surface area is 140 Å². The standard InChI is InChI=1S/C17H18N2O4S/c1-18-10-5-8-15(16(18)20)17(21)19-11-9-14(12-19)24(22,23)13-6-3-2-4-7-13/h2-8,10,14H,9,11-12H2,1H3. The number of benzene rings is 1. The minimum Gasteiger partial charge on any atom is -0.337 e. The number of sulfone groups is 1. The third-order valence-corrected chi connectivity index (χ3v) is 6.49. The minimum absolute atomic E-state index is 0.0674. The molecule has 1 aliphatic heterocycles. The molecule has 3 rings (SSSR count). The van der Waals surface area contributed by atoms with Crippen LogP contribution in [0.2, 0.25) is 0 Å². The molecule has 24 heavy (non-hydrogen) atoms. The number of hydrogen-bond donors (Lipinski definition) is 0. The number of carbonyl (C=O) groups excluding carboxylic acids is 1. The number of nitrogens with zero attached hydrogens (tertiary/aromatic N) is 2. The molecule has 1 saturated heterocycles. The summed E-state index contributed by atoms with van der Waals surface area (Å²) in [6.07, 6.45) is 1.95. The van der Waals surface area contributed by atoms with Gasteiger partial charge in [-0.15, -0.1) is 0 Å². The molecule has 1 amide bonds. The molecule has 1 unspecified atom stereocenters. The van der Waals surface area contributed by atoms with Crippen LogP contribution >= 0.6 is 0 Å². The van der Waals surface area contributed by atoms with Gasteiger partial charge in [-0.25, -0.2) is 8.42 Å². The van der Waals surface area contributed by atoms with Gasteiger partial charge >= 0.3 is 0 Å². The van der Waals surface area contributed by atoms with Crippen molar-refractivity contribution in [1.29, 1.82) is 0 Å². The van der Waals surface area contributed by atoms with Crippen LogP contribution in [-0.2, 0) is 16.9 Å². The highest BCUT2D eigenvalue weighted by Crippen LogP contribution is 2.24. The largest absolute Gasteiger partial charge is 0.337 e. The van der Waals surface area contributed by atoms with Gasteiger partial charge in [0.1, 0.15) is 5.56 Å². The van der Waals surface area contributed by atoms with Crippen LogP contribution in [0, 0.1) is 0 Å². The highest BCUT2D eigenvalue weighted by Gasteiger charge is 2.36. The van der Waals surface area contributed by atoms with E-state index in [9.17, 15) is 18.0 Å². The van der Waals surface area contributed by atoms with Crippen LogP contribution in [0.4, 0.5) is 0 Å². The SMILES string of the molecule is Cn1cccc(C(=O)N2CCC(S(=O)(=O)c3ccccc3)C2)c1=O. The molecule has 126 valence electrons. The fraction of sp³-hybridized carbons (Fsp3) is 0.294. The maximum absolute atomic E-state index is 12.7. The van der Waals surface area contributed by atoms with Crippen LogP contribution in [0.3, 0.4) is 0 Å². The maximum Gasteiger partial charge on any atom is 0.263 e. The summed E-state index contributed by atoms with van der Waals surface area (Å²) in [6, 6.07) is 11.3. The number of amides is 1. The van der Waals surface area contributed by atoms with E-state index in [1.54, 1.807) is 49.6 Å². The zero-order valence-corrected chi connectivity index (χ0v) is 14.1. The number of hydrogen-bond acceptors (Lipinski definition) is 4. The van der Waals surface area contributed by atoms with E-state index in [0.29, 0.717) is 13.0 Å². The van der Waals surface area contributed by atoms with Gasteiger partial charge < -0.3 is 9.47 Å². The molecule has 2 heterocycles. The summed E-state index contributed by atoms with van der Waals surface area (Å²) in [5.41, 5.74) is -0.311. The highest BCUT2D eigenvalue weighted by atomic mass is 32.2. The van der Waals surface area contributed by atoms with E-state index >= 15 is 0 Å². The zero-order chi connectivity index (χ0) is 17.3. The Morgan fingerprint density at radius 2 is 1.83 bits per heavy atom. The molecule has 1 aliphatic rings. The maximum atomic E-state index is 12.7. The molecule has 0 bridgehead atoms. The van der Waals surface area contributed by atoms with Crippen molar-refractivity contribution in [3.8, 4) is 0 Å². The van der Waals surface area contributed by atoms with Crippen molar-refractivity contribution in [3.05, 3.63) is 64.6 Å². The van der Waals surface area contributed by atoms with Gasteiger partial charge in [-0.2, -0.15) is 0 Å². The second kappa shape index (κ2) is 6.24. The van der Waals surface area contributed by atoms with Crippen molar-refractivity contribution in [2.45, 2.75) is 16.6 Å². The van der Waals surface area contributed by atoms with Gasteiger partial charge in [0.2, 0.25) is 0 Å². The molecule has 0 spiro atoms. The monoisotopic (exact) mass is 346 g/mol. The topological polar surface area (TPSA) is 76.5 Å². The Morgan fingerprint density at radius 3 is 2.54 bits per heavy atom. The molecule has 0 radical (unpaired) electrons. The van der Waals surface area contributed by atoms with Crippen LogP contribution in [0.5, 0.6) is 0 Å². The van der Waals surface area contributed by atoms with Crippen LogP contribution < -0.4 is 5.56 Å². The van der Waals surface area contributed by atoms with Crippen molar-refractivity contribution >= 4 is 15.7 Å². The van der Waals surface area contributed by atoms with Crippen LogP contribution in [-0.4, -0.2) is 42.1 Å². The molecule has 1 aromatic carbocycles. The Hall–Kier alpha value is -2.41. The Morgan fingerprint density at radius 1 is 1.12 bits per heavy atom. The van der Waals surface area contributed by atoms with Gasteiger partial charge in [0.15, 0.2) is 9.84 Å². The van der Waals surface area contributed by atoms with E-state index < -0.39 is 21.0 Å². The molecule has 1 atom stereocenters. The lowest BCUT2D eigenvalue weighted by Gasteiger charge is -2.17. The summed E-state index contributed by atoms with van der Waals surface area (Å²) in [5, 5.41) is -0.642. The Bertz CT molecular complexity index is 919. The van der Waals surface area contributed by atoms with Gasteiger partial charge in [0.05, 0.1) is 10.1 Å². The molecule has 0 saturated carbocycles. The highest BCUT2D eigenvalue weighted by molar-refractivity contribution is 7.92. The van der Waals surface area contributed by atoms with Crippen molar-refractivity contribution in [3.63, 3.8) is 0 Å². The normalized spacial score (nSPS) is 17.9. The Kier molecular flexibility index (Phi) is 4.28. The minimum atomic E-state index is -3.48. The van der Waals surface area contributed by atoms with Gasteiger partial charge in [-0.1, -0.05) is 18.2 Å². The van der Waals surface area contributed by atoms with Crippen molar-refractivity contribution in [2.24, 2.45) is 7.05 Å². The molecule has 0 N–H and O–H groups in total. The number of likely N-dealkylation sites (tertiary alicyclic amines) is 1. The summed E-state index contributed by atoms with van der Waals surface area (Å²) in [6.45, 7) is 0.432. The predicted molar refractivity (Wildman–Crippen MR) is 89.6 cm³/mol. The van der Waals surface area contributed by atoms with Gasteiger partial charge in [0, 0.05) is 26.3 Å². The average molecular weight is 346 g/mol. The molecule has 0 aliphatic carbocycles.